The zero-order valence-corrected chi connectivity index (χ0v) is 15.4. The van der Waals surface area contributed by atoms with Crippen molar-refractivity contribution in [2.45, 2.75) is 51.7 Å². The zero-order chi connectivity index (χ0) is 17.8. The first kappa shape index (κ1) is 17.7. The molecule has 1 amide bonds. The van der Waals surface area contributed by atoms with E-state index in [1.165, 1.54) is 16.9 Å². The molecule has 0 spiro atoms. The van der Waals surface area contributed by atoms with Crippen LogP contribution in [-0.4, -0.2) is 24.0 Å². The average molecular weight is 357 g/mol. The van der Waals surface area contributed by atoms with Gasteiger partial charge in [0.25, 0.3) is 5.91 Å². The van der Waals surface area contributed by atoms with Crippen molar-refractivity contribution >= 4 is 23.2 Å². The number of amides is 1. The van der Waals surface area contributed by atoms with Crippen LogP contribution in [0.25, 0.3) is 11.1 Å². The SMILES string of the molecule is Cc1ccc(-c2ccsc2C(=O)O[C@@H](C)C(=O)NC2CCCC2)cc1. The Kier molecular flexibility index (Phi) is 5.53. The summed E-state index contributed by atoms with van der Waals surface area (Å²) in [6, 6.07) is 10.1. The molecule has 1 aromatic carbocycles. The lowest BCUT2D eigenvalue weighted by Crippen LogP contribution is -2.40. The van der Waals surface area contributed by atoms with Gasteiger partial charge in [-0.3, -0.25) is 4.79 Å². The molecule has 1 aromatic heterocycles. The Morgan fingerprint density at radius 3 is 2.52 bits per heavy atom. The molecule has 132 valence electrons. The predicted molar refractivity (Wildman–Crippen MR) is 99.8 cm³/mol. The number of hydrogen-bond donors (Lipinski definition) is 1. The van der Waals surface area contributed by atoms with Crippen molar-refractivity contribution in [3.05, 3.63) is 46.2 Å². The highest BCUT2D eigenvalue weighted by molar-refractivity contribution is 7.12. The summed E-state index contributed by atoms with van der Waals surface area (Å²) in [7, 11) is 0. The van der Waals surface area contributed by atoms with E-state index in [4.69, 9.17) is 4.74 Å². The van der Waals surface area contributed by atoms with Gasteiger partial charge < -0.3 is 10.1 Å². The third-order valence-corrected chi connectivity index (χ3v) is 5.46. The number of aryl methyl sites for hydroxylation is 1. The van der Waals surface area contributed by atoms with Crippen LogP contribution in [0.4, 0.5) is 0 Å². The second kappa shape index (κ2) is 7.83. The van der Waals surface area contributed by atoms with E-state index in [0.717, 1.165) is 36.8 Å². The monoisotopic (exact) mass is 357 g/mol. The number of rotatable bonds is 5. The molecule has 1 fully saturated rings. The molecule has 1 heterocycles. The molecule has 0 aliphatic heterocycles. The van der Waals surface area contributed by atoms with Crippen molar-refractivity contribution in [3.63, 3.8) is 0 Å². The fourth-order valence-corrected chi connectivity index (χ4v) is 3.88. The van der Waals surface area contributed by atoms with E-state index < -0.39 is 12.1 Å². The van der Waals surface area contributed by atoms with Crippen LogP contribution in [0.3, 0.4) is 0 Å². The maximum absolute atomic E-state index is 12.5. The smallest absolute Gasteiger partial charge is 0.349 e. The average Bonchev–Trinajstić information content (AvgIpc) is 3.26. The Morgan fingerprint density at radius 1 is 1.16 bits per heavy atom. The molecule has 5 heteroatoms. The minimum absolute atomic E-state index is 0.214. The number of thiophene rings is 1. The van der Waals surface area contributed by atoms with Gasteiger partial charge >= 0.3 is 5.97 Å². The topological polar surface area (TPSA) is 55.4 Å². The Balaban J connectivity index is 1.66. The third-order valence-electron chi connectivity index (χ3n) is 4.57. The van der Waals surface area contributed by atoms with E-state index in [1.807, 2.05) is 42.6 Å². The van der Waals surface area contributed by atoms with Gasteiger partial charge in [0.1, 0.15) is 4.88 Å². The summed E-state index contributed by atoms with van der Waals surface area (Å²) in [5, 5.41) is 4.84. The standard InChI is InChI=1S/C20H23NO3S/c1-13-7-9-15(10-8-13)17-11-12-25-18(17)20(23)24-14(2)19(22)21-16-5-3-4-6-16/h7-12,14,16H,3-6H2,1-2H3,(H,21,22)/t14-/m0/s1. The van der Waals surface area contributed by atoms with Gasteiger partial charge in [0.05, 0.1) is 0 Å². The summed E-state index contributed by atoms with van der Waals surface area (Å²) in [6.45, 7) is 3.65. The Labute approximate surface area is 152 Å². The molecular weight excluding hydrogens is 334 g/mol. The lowest BCUT2D eigenvalue weighted by atomic mass is 10.1. The minimum Gasteiger partial charge on any atom is -0.448 e. The lowest BCUT2D eigenvalue weighted by molar-refractivity contribution is -0.129. The van der Waals surface area contributed by atoms with Crippen molar-refractivity contribution in [2.75, 3.05) is 0 Å². The summed E-state index contributed by atoms with van der Waals surface area (Å²) in [6.07, 6.45) is 3.52. The van der Waals surface area contributed by atoms with Crippen LogP contribution in [-0.2, 0) is 9.53 Å². The Hall–Kier alpha value is -2.14. The van der Waals surface area contributed by atoms with Crippen LogP contribution in [0, 0.1) is 6.92 Å². The molecule has 2 aromatic rings. The van der Waals surface area contributed by atoms with Gasteiger partial charge in [-0.2, -0.15) is 0 Å². The fraction of sp³-hybridized carbons (Fsp3) is 0.400. The van der Waals surface area contributed by atoms with E-state index in [2.05, 4.69) is 5.32 Å². The van der Waals surface area contributed by atoms with Gasteiger partial charge in [-0.05, 0) is 43.7 Å². The highest BCUT2D eigenvalue weighted by atomic mass is 32.1. The molecule has 1 atom stereocenters. The van der Waals surface area contributed by atoms with Gasteiger partial charge in [0, 0.05) is 11.6 Å². The van der Waals surface area contributed by atoms with Gasteiger partial charge in [-0.1, -0.05) is 42.7 Å². The van der Waals surface area contributed by atoms with E-state index in [-0.39, 0.29) is 11.9 Å². The van der Waals surface area contributed by atoms with Crippen LogP contribution in [0.1, 0.15) is 47.8 Å². The molecule has 1 aliphatic rings. The highest BCUT2D eigenvalue weighted by Crippen LogP contribution is 2.29. The highest BCUT2D eigenvalue weighted by Gasteiger charge is 2.25. The summed E-state index contributed by atoms with van der Waals surface area (Å²) in [5.74, 6) is -0.659. The first-order valence-corrected chi connectivity index (χ1v) is 9.58. The van der Waals surface area contributed by atoms with Gasteiger partial charge in [0.15, 0.2) is 6.10 Å². The number of hydrogen-bond acceptors (Lipinski definition) is 4. The van der Waals surface area contributed by atoms with E-state index in [1.54, 1.807) is 6.92 Å². The zero-order valence-electron chi connectivity index (χ0n) is 14.6. The largest absolute Gasteiger partial charge is 0.448 e. The number of benzene rings is 1. The van der Waals surface area contributed by atoms with Crippen molar-refractivity contribution < 1.29 is 14.3 Å². The second-order valence-electron chi connectivity index (χ2n) is 6.57. The normalized spacial score (nSPS) is 15.8. The maximum atomic E-state index is 12.5. The number of nitrogens with one attached hydrogen (secondary N) is 1. The van der Waals surface area contributed by atoms with Crippen LogP contribution < -0.4 is 5.32 Å². The minimum atomic E-state index is -0.791. The number of carbonyl (C=O) groups excluding carboxylic acids is 2. The second-order valence-corrected chi connectivity index (χ2v) is 7.48. The summed E-state index contributed by atoms with van der Waals surface area (Å²) < 4.78 is 5.41. The molecule has 1 saturated carbocycles. The number of esters is 1. The van der Waals surface area contributed by atoms with E-state index in [9.17, 15) is 9.59 Å². The molecule has 25 heavy (non-hydrogen) atoms. The first-order valence-electron chi connectivity index (χ1n) is 8.70. The van der Waals surface area contributed by atoms with E-state index in [0.29, 0.717) is 4.88 Å². The molecule has 0 saturated heterocycles. The van der Waals surface area contributed by atoms with Crippen molar-refractivity contribution in [2.24, 2.45) is 0 Å². The number of ether oxygens (including phenoxy) is 1. The molecule has 0 bridgehead atoms. The first-order chi connectivity index (χ1) is 12.0. The summed E-state index contributed by atoms with van der Waals surface area (Å²) >= 11 is 1.34. The fourth-order valence-electron chi connectivity index (χ4n) is 3.08. The lowest BCUT2D eigenvalue weighted by Gasteiger charge is -2.17. The van der Waals surface area contributed by atoms with Gasteiger partial charge in [0.2, 0.25) is 0 Å². The molecular formula is C20H23NO3S. The van der Waals surface area contributed by atoms with Crippen LogP contribution in [0.15, 0.2) is 35.7 Å². The van der Waals surface area contributed by atoms with Crippen LogP contribution >= 0.6 is 11.3 Å². The third kappa shape index (κ3) is 4.28. The molecule has 0 unspecified atom stereocenters. The Bertz CT molecular complexity index is 745. The van der Waals surface area contributed by atoms with Crippen molar-refractivity contribution in [3.8, 4) is 11.1 Å². The van der Waals surface area contributed by atoms with Crippen LogP contribution in [0.2, 0.25) is 0 Å². The summed E-state index contributed by atoms with van der Waals surface area (Å²) in [5.41, 5.74) is 2.99. The summed E-state index contributed by atoms with van der Waals surface area (Å²) in [4.78, 5) is 25.3. The van der Waals surface area contributed by atoms with Crippen LogP contribution in [0.5, 0.6) is 0 Å². The molecule has 3 rings (SSSR count). The van der Waals surface area contributed by atoms with Crippen molar-refractivity contribution in [1.29, 1.82) is 0 Å². The van der Waals surface area contributed by atoms with E-state index >= 15 is 0 Å². The quantitative estimate of drug-likeness (QED) is 0.811. The molecule has 0 radical (unpaired) electrons. The molecule has 4 nitrogen and oxygen atoms in total. The maximum Gasteiger partial charge on any atom is 0.349 e. The Morgan fingerprint density at radius 2 is 1.84 bits per heavy atom. The van der Waals surface area contributed by atoms with Gasteiger partial charge in [-0.15, -0.1) is 11.3 Å². The predicted octanol–water partition coefficient (Wildman–Crippen LogP) is 4.33. The molecule has 1 aliphatic carbocycles. The van der Waals surface area contributed by atoms with Crippen molar-refractivity contribution in [1.82, 2.24) is 5.32 Å². The molecule has 1 N–H and O–H groups in total. The van der Waals surface area contributed by atoms with Gasteiger partial charge in [-0.25, -0.2) is 4.79 Å². The number of carbonyl (C=O) groups is 2.